The van der Waals surface area contributed by atoms with Crippen molar-refractivity contribution < 1.29 is 4.79 Å². The summed E-state index contributed by atoms with van der Waals surface area (Å²) < 4.78 is 0. The van der Waals surface area contributed by atoms with Crippen molar-refractivity contribution in [2.45, 2.75) is 39.2 Å². The molecule has 6 nitrogen and oxygen atoms in total. The number of hydrogen-bond donors (Lipinski definition) is 2. The Labute approximate surface area is 140 Å². The van der Waals surface area contributed by atoms with E-state index in [0.29, 0.717) is 30.8 Å². The Morgan fingerprint density at radius 3 is 2.88 bits per heavy atom. The number of anilines is 1. The number of benzene rings is 1. The quantitative estimate of drug-likeness (QED) is 0.907. The maximum Gasteiger partial charge on any atom is 0.322 e. The molecule has 126 valence electrons. The Morgan fingerprint density at radius 1 is 1.33 bits per heavy atom. The number of rotatable bonds is 4. The van der Waals surface area contributed by atoms with Gasteiger partial charge in [0, 0.05) is 17.8 Å². The minimum Gasteiger partial charge on any atom is -0.318 e. The summed E-state index contributed by atoms with van der Waals surface area (Å²) in [6, 6.07) is 7.81. The molecule has 24 heavy (non-hydrogen) atoms. The van der Waals surface area contributed by atoms with Crippen LogP contribution in [0.3, 0.4) is 0 Å². The summed E-state index contributed by atoms with van der Waals surface area (Å²) >= 11 is 0. The molecule has 0 saturated carbocycles. The number of aryl methyl sites for hydroxylation is 1. The first-order valence-corrected chi connectivity index (χ1v) is 8.37. The predicted octanol–water partition coefficient (Wildman–Crippen LogP) is 2.70. The third kappa shape index (κ3) is 3.64. The molecule has 0 saturated heterocycles. The zero-order valence-electron chi connectivity index (χ0n) is 13.8. The van der Waals surface area contributed by atoms with Crippen LogP contribution in [-0.4, -0.2) is 27.4 Å². The monoisotopic (exact) mass is 326 g/mol. The van der Waals surface area contributed by atoms with E-state index in [1.807, 2.05) is 12.1 Å². The molecule has 0 bridgehead atoms. The molecule has 0 atom stereocenters. The number of unbranched alkanes of at least 4 members (excludes halogenated alkanes) is 1. The Kier molecular flexibility index (Phi) is 4.93. The molecule has 2 aromatic rings. The third-order valence-electron chi connectivity index (χ3n) is 4.32. The Hall–Kier alpha value is -2.63. The third-order valence-corrected chi connectivity index (χ3v) is 4.32. The summed E-state index contributed by atoms with van der Waals surface area (Å²) in [6.07, 6.45) is 5.32. The molecule has 1 aliphatic heterocycles. The van der Waals surface area contributed by atoms with Gasteiger partial charge in [-0.05, 0) is 37.0 Å². The first-order chi connectivity index (χ1) is 11.7. The topological polar surface area (TPSA) is 78.1 Å². The van der Waals surface area contributed by atoms with Gasteiger partial charge < -0.3 is 15.2 Å². The number of hydrogen-bond acceptors (Lipinski definition) is 3. The number of nitrogens with zero attached hydrogens (tertiary/aromatic N) is 2. The Balaban J connectivity index is 1.62. The highest BCUT2D eigenvalue weighted by atomic mass is 16.2. The second-order valence-electron chi connectivity index (χ2n) is 6.06. The van der Waals surface area contributed by atoms with Crippen LogP contribution in [-0.2, 0) is 19.4 Å². The minimum atomic E-state index is -0.163. The molecule has 0 aliphatic carbocycles. The van der Waals surface area contributed by atoms with E-state index < -0.39 is 0 Å². The summed E-state index contributed by atoms with van der Waals surface area (Å²) in [5.41, 5.74) is 3.31. The van der Waals surface area contributed by atoms with Crippen LogP contribution in [0.1, 0.15) is 36.6 Å². The van der Waals surface area contributed by atoms with E-state index in [1.165, 1.54) is 24.7 Å². The van der Waals surface area contributed by atoms with Crippen molar-refractivity contribution in [1.82, 2.24) is 14.9 Å². The second-order valence-corrected chi connectivity index (χ2v) is 6.06. The molecule has 0 spiro atoms. The van der Waals surface area contributed by atoms with Crippen LogP contribution in [0.2, 0.25) is 0 Å². The van der Waals surface area contributed by atoms with Gasteiger partial charge in [-0.1, -0.05) is 25.5 Å². The average molecular weight is 326 g/mol. The van der Waals surface area contributed by atoms with Crippen LogP contribution in [0.5, 0.6) is 0 Å². The van der Waals surface area contributed by atoms with Crippen LogP contribution >= 0.6 is 0 Å². The highest BCUT2D eigenvalue weighted by Crippen LogP contribution is 2.16. The predicted molar refractivity (Wildman–Crippen MR) is 93.0 cm³/mol. The Morgan fingerprint density at radius 2 is 2.12 bits per heavy atom. The second kappa shape index (κ2) is 7.29. The average Bonchev–Trinajstić information content (AvgIpc) is 2.61. The highest BCUT2D eigenvalue weighted by Gasteiger charge is 2.23. The summed E-state index contributed by atoms with van der Waals surface area (Å²) in [4.78, 5) is 32.6. The van der Waals surface area contributed by atoms with E-state index in [0.717, 1.165) is 12.1 Å². The number of H-pyrrole nitrogens is 1. The van der Waals surface area contributed by atoms with E-state index in [4.69, 9.17) is 0 Å². The number of carbonyl (C=O) groups is 1. The Bertz CT molecular complexity index is 767. The summed E-state index contributed by atoms with van der Waals surface area (Å²) in [7, 11) is 0. The molecule has 6 heteroatoms. The lowest BCUT2D eigenvalue weighted by Crippen LogP contribution is -2.41. The molecular formula is C18H22N4O2. The van der Waals surface area contributed by atoms with E-state index in [2.05, 4.69) is 34.3 Å². The zero-order chi connectivity index (χ0) is 16.9. The van der Waals surface area contributed by atoms with Gasteiger partial charge in [0.15, 0.2) is 0 Å². The molecule has 3 rings (SSSR count). The van der Waals surface area contributed by atoms with Gasteiger partial charge >= 0.3 is 6.03 Å². The van der Waals surface area contributed by atoms with Crippen molar-refractivity contribution >= 4 is 11.7 Å². The van der Waals surface area contributed by atoms with E-state index in [-0.39, 0.29) is 11.6 Å². The minimum absolute atomic E-state index is 0.109. The van der Waals surface area contributed by atoms with Crippen molar-refractivity contribution in [2.75, 3.05) is 11.9 Å². The van der Waals surface area contributed by atoms with Crippen LogP contribution in [0, 0.1) is 0 Å². The normalized spacial score (nSPS) is 13.5. The lowest BCUT2D eigenvalue weighted by Gasteiger charge is -2.27. The maximum atomic E-state index is 12.4. The van der Waals surface area contributed by atoms with Crippen LogP contribution in [0.15, 0.2) is 35.4 Å². The van der Waals surface area contributed by atoms with E-state index >= 15 is 0 Å². The van der Waals surface area contributed by atoms with Crippen LogP contribution < -0.4 is 10.9 Å². The molecule has 0 unspecified atom stereocenters. The number of fused-ring (bicyclic) bond motifs is 1. The first-order valence-electron chi connectivity index (χ1n) is 8.37. The fraction of sp³-hybridized carbons (Fsp3) is 0.389. The summed E-state index contributed by atoms with van der Waals surface area (Å²) in [6.45, 7) is 3.05. The van der Waals surface area contributed by atoms with Crippen molar-refractivity contribution in [1.29, 1.82) is 0 Å². The number of amides is 2. The van der Waals surface area contributed by atoms with Crippen molar-refractivity contribution in [3.63, 3.8) is 0 Å². The SMILES string of the molecule is CCCCc1ccc(NC(=O)N2CCc3c(nc[nH]c3=O)C2)cc1. The van der Waals surface area contributed by atoms with Gasteiger partial charge in [-0.25, -0.2) is 9.78 Å². The molecule has 0 radical (unpaired) electrons. The number of carbonyl (C=O) groups excluding carboxylic acids is 1. The first kappa shape index (κ1) is 16.2. The van der Waals surface area contributed by atoms with Gasteiger partial charge in [0.2, 0.25) is 0 Å². The number of nitrogens with one attached hydrogen (secondary N) is 2. The van der Waals surface area contributed by atoms with Crippen LogP contribution in [0.4, 0.5) is 10.5 Å². The van der Waals surface area contributed by atoms with Crippen molar-refractivity contribution in [3.05, 3.63) is 57.8 Å². The summed E-state index contributed by atoms with van der Waals surface area (Å²) in [5.74, 6) is 0. The number of aromatic nitrogens is 2. The molecule has 2 heterocycles. The molecule has 1 aromatic carbocycles. The molecule has 1 aliphatic rings. The lowest BCUT2D eigenvalue weighted by molar-refractivity contribution is 0.205. The zero-order valence-corrected chi connectivity index (χ0v) is 13.8. The molecule has 1 aromatic heterocycles. The molecule has 0 fully saturated rings. The standard InChI is InChI=1S/C18H22N4O2/c1-2-3-4-13-5-7-14(8-6-13)21-18(24)22-10-9-15-16(11-22)19-12-20-17(15)23/h5-8,12H,2-4,9-11H2,1H3,(H,21,24)(H,19,20,23). The smallest absolute Gasteiger partial charge is 0.318 e. The van der Waals surface area contributed by atoms with Gasteiger partial charge in [0.25, 0.3) is 5.56 Å². The van der Waals surface area contributed by atoms with Gasteiger partial charge in [-0.15, -0.1) is 0 Å². The fourth-order valence-electron chi connectivity index (χ4n) is 2.88. The molecule has 2 amide bonds. The lowest BCUT2D eigenvalue weighted by atomic mass is 10.1. The van der Waals surface area contributed by atoms with Gasteiger partial charge in [0.1, 0.15) is 0 Å². The summed E-state index contributed by atoms with van der Waals surface area (Å²) in [5, 5.41) is 2.91. The highest BCUT2D eigenvalue weighted by molar-refractivity contribution is 5.89. The maximum absolute atomic E-state index is 12.4. The largest absolute Gasteiger partial charge is 0.322 e. The van der Waals surface area contributed by atoms with Crippen molar-refractivity contribution in [2.24, 2.45) is 0 Å². The van der Waals surface area contributed by atoms with Gasteiger partial charge in [-0.2, -0.15) is 0 Å². The van der Waals surface area contributed by atoms with E-state index in [1.54, 1.807) is 4.90 Å². The van der Waals surface area contributed by atoms with E-state index in [9.17, 15) is 9.59 Å². The van der Waals surface area contributed by atoms with Crippen molar-refractivity contribution in [3.8, 4) is 0 Å². The molecule has 2 N–H and O–H groups in total. The van der Waals surface area contributed by atoms with Crippen LogP contribution in [0.25, 0.3) is 0 Å². The number of urea groups is 1. The molecular weight excluding hydrogens is 304 g/mol. The van der Waals surface area contributed by atoms with Gasteiger partial charge in [-0.3, -0.25) is 4.79 Å². The fourth-order valence-corrected chi connectivity index (χ4v) is 2.88. The van der Waals surface area contributed by atoms with Gasteiger partial charge in [0.05, 0.1) is 18.6 Å². The number of aromatic amines is 1.